The average Bonchev–Trinajstić information content (AvgIpc) is 3.48. The van der Waals surface area contributed by atoms with Gasteiger partial charge in [0.05, 0.1) is 5.57 Å². The lowest BCUT2D eigenvalue weighted by molar-refractivity contribution is -0.134. The predicted octanol–water partition coefficient (Wildman–Crippen LogP) is 10.5. The molecular formula is C44H52FNO5. The van der Waals surface area contributed by atoms with E-state index in [0.29, 0.717) is 23.3 Å². The van der Waals surface area contributed by atoms with Gasteiger partial charge in [0.2, 0.25) is 0 Å². The van der Waals surface area contributed by atoms with E-state index < -0.39 is 0 Å². The Bertz CT molecular complexity index is 1610. The number of hydrogen-bond acceptors (Lipinski definition) is 5. The van der Waals surface area contributed by atoms with E-state index in [1.807, 2.05) is 12.1 Å². The fraction of sp³-hybridized carbons (Fsp3) is 0.409. The number of ketones is 1. The first kappa shape index (κ1) is 39.1. The van der Waals surface area contributed by atoms with Gasteiger partial charge in [0.25, 0.3) is 11.8 Å². The van der Waals surface area contributed by atoms with Gasteiger partial charge in [0.15, 0.2) is 5.78 Å². The highest BCUT2D eigenvalue weighted by Crippen LogP contribution is 2.21. The fourth-order valence-electron chi connectivity index (χ4n) is 6.26. The van der Waals surface area contributed by atoms with E-state index in [1.165, 1.54) is 125 Å². The molecule has 0 aromatic heterocycles. The Morgan fingerprint density at radius 3 is 1.69 bits per heavy atom. The number of allylic oxidation sites excluding steroid dienone is 1. The lowest BCUT2D eigenvalue weighted by atomic mass is 10.0. The summed E-state index contributed by atoms with van der Waals surface area (Å²) in [4.78, 5) is 47.6. The molecule has 0 radical (unpaired) electrons. The first-order valence-electron chi connectivity index (χ1n) is 18.8. The molecule has 0 fully saturated rings. The molecule has 0 bridgehead atoms. The first-order chi connectivity index (χ1) is 24.9. The van der Waals surface area contributed by atoms with E-state index >= 15 is 0 Å². The molecule has 1 aliphatic heterocycles. The topological polar surface area (TPSA) is 89.5 Å². The van der Waals surface area contributed by atoms with Crippen molar-refractivity contribution in [3.8, 4) is 5.75 Å². The summed E-state index contributed by atoms with van der Waals surface area (Å²) in [6.07, 6.45) is 25.8. The summed E-state index contributed by atoms with van der Waals surface area (Å²) in [5, 5.41) is 2.29. The Labute approximate surface area is 302 Å². The average molecular weight is 694 g/mol. The number of ether oxygens (including phenoxy) is 1. The molecule has 0 unspecified atom stereocenters. The number of amides is 2. The molecule has 0 spiro atoms. The molecular weight excluding hydrogens is 641 g/mol. The zero-order valence-corrected chi connectivity index (χ0v) is 29.8. The molecule has 0 saturated carbocycles. The summed E-state index contributed by atoms with van der Waals surface area (Å²) < 4.78 is 18.5. The summed E-state index contributed by atoms with van der Waals surface area (Å²) in [5.41, 5.74) is 3.74. The maximum atomic E-state index is 13.0. The lowest BCUT2D eigenvalue weighted by Gasteiger charge is -2.06. The van der Waals surface area contributed by atoms with Crippen molar-refractivity contribution >= 4 is 35.2 Å². The molecule has 0 atom stereocenters. The molecule has 0 aliphatic carbocycles. The molecule has 270 valence electrons. The Hall–Kier alpha value is -4.65. The first-order valence-corrected chi connectivity index (χ1v) is 18.8. The molecule has 3 aromatic carbocycles. The number of rotatable bonds is 24. The van der Waals surface area contributed by atoms with Crippen LogP contribution in [0.3, 0.4) is 0 Å². The predicted molar refractivity (Wildman–Crippen MR) is 202 cm³/mol. The highest BCUT2D eigenvalue weighted by molar-refractivity contribution is 6.33. The minimum absolute atomic E-state index is 0.206. The van der Waals surface area contributed by atoms with E-state index in [1.54, 1.807) is 30.3 Å². The third-order valence-electron chi connectivity index (χ3n) is 9.29. The molecule has 0 saturated heterocycles. The largest absolute Gasteiger partial charge is 0.427 e. The van der Waals surface area contributed by atoms with Gasteiger partial charge in [-0.3, -0.25) is 24.5 Å². The van der Waals surface area contributed by atoms with Crippen molar-refractivity contribution in [1.82, 2.24) is 5.32 Å². The maximum absolute atomic E-state index is 13.0. The quantitative estimate of drug-likeness (QED) is 0.0252. The second-order valence-electron chi connectivity index (χ2n) is 13.5. The molecule has 2 amide bonds. The van der Waals surface area contributed by atoms with Gasteiger partial charge < -0.3 is 4.74 Å². The molecule has 4 rings (SSSR count). The summed E-state index contributed by atoms with van der Waals surface area (Å²) in [7, 11) is 0. The van der Waals surface area contributed by atoms with Crippen LogP contribution in [0.5, 0.6) is 5.75 Å². The Balaban J connectivity index is 0.893. The number of nitrogens with one attached hydrogen (secondary N) is 1. The third kappa shape index (κ3) is 15.0. The molecule has 1 heterocycles. The van der Waals surface area contributed by atoms with Crippen LogP contribution in [0.25, 0.3) is 11.6 Å². The van der Waals surface area contributed by atoms with Crippen LogP contribution in [-0.4, -0.2) is 23.6 Å². The van der Waals surface area contributed by atoms with Crippen molar-refractivity contribution in [3.05, 3.63) is 113 Å². The van der Waals surface area contributed by atoms with Gasteiger partial charge in [-0.05, 0) is 78.4 Å². The van der Waals surface area contributed by atoms with Gasteiger partial charge in [-0.25, -0.2) is 4.39 Å². The summed E-state index contributed by atoms with van der Waals surface area (Å²) >= 11 is 0. The van der Waals surface area contributed by atoms with Crippen LogP contribution < -0.4 is 10.1 Å². The van der Waals surface area contributed by atoms with Crippen LogP contribution in [0.2, 0.25) is 0 Å². The second-order valence-corrected chi connectivity index (χ2v) is 13.5. The van der Waals surface area contributed by atoms with Gasteiger partial charge >= 0.3 is 5.97 Å². The van der Waals surface area contributed by atoms with Gasteiger partial charge in [-0.15, -0.1) is 0 Å². The molecule has 1 aliphatic rings. The lowest BCUT2D eigenvalue weighted by Crippen LogP contribution is -2.21. The van der Waals surface area contributed by atoms with E-state index in [9.17, 15) is 23.6 Å². The molecule has 51 heavy (non-hydrogen) atoms. The maximum Gasteiger partial charge on any atom is 0.311 e. The summed E-state index contributed by atoms with van der Waals surface area (Å²) in [6.45, 7) is 0. The van der Waals surface area contributed by atoms with Crippen LogP contribution in [0.15, 0.2) is 84.9 Å². The van der Waals surface area contributed by atoms with E-state index in [2.05, 4.69) is 17.4 Å². The minimum atomic E-state index is -0.379. The second kappa shape index (κ2) is 22.2. The third-order valence-corrected chi connectivity index (χ3v) is 9.29. The Morgan fingerprint density at radius 1 is 0.627 bits per heavy atom. The van der Waals surface area contributed by atoms with Crippen LogP contribution in [0, 0.1) is 5.82 Å². The van der Waals surface area contributed by atoms with E-state index in [0.717, 1.165) is 36.8 Å². The standard InChI is InChI=1S/C44H52FNO5/c45-38-28-26-37(27-29-38)41(47)32-23-35-21-30-39(31-22-35)51-43(49)18-16-14-12-10-8-6-4-2-1-3-5-7-9-11-13-15-17-34-19-24-36(25-20-34)40-33-42(48)46-44(40)50/h19-33H,1-18H2,(H,46,48,50). The molecule has 3 aromatic rings. The van der Waals surface area contributed by atoms with Crippen LogP contribution >= 0.6 is 0 Å². The zero-order chi connectivity index (χ0) is 36.1. The van der Waals surface area contributed by atoms with Crippen molar-refractivity contribution in [1.29, 1.82) is 0 Å². The molecule has 6 nitrogen and oxygen atoms in total. The summed E-state index contributed by atoms with van der Waals surface area (Å²) in [5.74, 6) is -0.975. The number of carbonyl (C=O) groups is 4. The fourth-order valence-corrected chi connectivity index (χ4v) is 6.26. The molecule has 1 N–H and O–H groups in total. The minimum Gasteiger partial charge on any atom is -0.427 e. The van der Waals surface area contributed by atoms with E-state index in [-0.39, 0.29) is 29.4 Å². The van der Waals surface area contributed by atoms with Crippen molar-refractivity contribution in [3.63, 3.8) is 0 Å². The highest BCUT2D eigenvalue weighted by Gasteiger charge is 2.21. The highest BCUT2D eigenvalue weighted by atomic mass is 19.1. The number of carbonyl (C=O) groups excluding carboxylic acids is 4. The Kier molecular flexibility index (Phi) is 17.1. The molecule has 7 heteroatoms. The van der Waals surface area contributed by atoms with E-state index in [4.69, 9.17) is 4.74 Å². The number of aryl methyl sites for hydroxylation is 1. The van der Waals surface area contributed by atoms with Crippen LogP contribution in [-0.2, 0) is 20.8 Å². The van der Waals surface area contributed by atoms with Crippen LogP contribution in [0.1, 0.15) is 136 Å². The zero-order valence-electron chi connectivity index (χ0n) is 29.8. The normalized spacial score (nSPS) is 12.7. The van der Waals surface area contributed by atoms with Gasteiger partial charge in [0.1, 0.15) is 11.6 Å². The van der Waals surface area contributed by atoms with Gasteiger partial charge in [-0.2, -0.15) is 0 Å². The summed E-state index contributed by atoms with van der Waals surface area (Å²) in [6, 6.07) is 20.4. The smallest absolute Gasteiger partial charge is 0.311 e. The SMILES string of the molecule is O=C1C=C(c2ccc(CCCCCCCCCCCCCCCCCCC(=O)Oc3ccc(C=CC(=O)c4ccc(F)cc4)cc3)cc2)C(=O)N1. The number of benzene rings is 3. The van der Waals surface area contributed by atoms with Gasteiger partial charge in [-0.1, -0.05) is 132 Å². The van der Waals surface area contributed by atoms with Crippen molar-refractivity contribution < 1.29 is 28.3 Å². The van der Waals surface area contributed by atoms with Crippen LogP contribution in [0.4, 0.5) is 4.39 Å². The van der Waals surface area contributed by atoms with Crippen molar-refractivity contribution in [2.45, 2.75) is 116 Å². The number of imide groups is 1. The van der Waals surface area contributed by atoms with Gasteiger partial charge in [0, 0.05) is 18.1 Å². The van der Waals surface area contributed by atoms with Crippen molar-refractivity contribution in [2.24, 2.45) is 0 Å². The Morgan fingerprint density at radius 2 is 1.16 bits per heavy atom. The van der Waals surface area contributed by atoms with Crippen molar-refractivity contribution in [2.75, 3.05) is 0 Å². The number of hydrogen-bond donors (Lipinski definition) is 1. The number of unbranched alkanes of at least 4 members (excludes halogenated alkanes) is 15. The monoisotopic (exact) mass is 693 g/mol. The number of esters is 1. The number of halogens is 1.